The molecule has 0 atom stereocenters. The molecule has 2 aliphatic rings. The van der Waals surface area contributed by atoms with Crippen LogP contribution < -0.4 is 0 Å². The van der Waals surface area contributed by atoms with Crippen LogP contribution in [0.25, 0.3) is 0 Å². The highest BCUT2D eigenvalue weighted by Gasteiger charge is 2.20. The zero-order valence-electron chi connectivity index (χ0n) is 10.3. The van der Waals surface area contributed by atoms with Crippen molar-refractivity contribution in [2.45, 2.75) is 54.2 Å². The van der Waals surface area contributed by atoms with Gasteiger partial charge in [0.25, 0.3) is 0 Å². The van der Waals surface area contributed by atoms with Gasteiger partial charge in [0.2, 0.25) is 0 Å². The molecule has 2 aliphatic heterocycles. The van der Waals surface area contributed by atoms with E-state index >= 15 is 0 Å². The van der Waals surface area contributed by atoms with E-state index in [-0.39, 0.29) is 0 Å². The molecule has 0 spiro atoms. The molecule has 0 aromatic carbocycles. The zero-order valence-corrected chi connectivity index (χ0v) is 12.6. The number of hydrogen-bond donors (Lipinski definition) is 0. The zero-order chi connectivity index (χ0) is 10.9. The van der Waals surface area contributed by atoms with E-state index in [2.05, 4.69) is 12.7 Å². The van der Waals surface area contributed by atoms with Crippen molar-refractivity contribution in [2.24, 2.45) is 0 Å². The van der Waals surface area contributed by atoms with Crippen LogP contribution in [-0.4, -0.2) is 42.2 Å². The second-order valence-corrected chi connectivity index (χ2v) is 10.1. The molecule has 0 aromatic heterocycles. The fraction of sp³-hybridized carbons (Fsp3) is 1.00. The smallest absolute Gasteiger partial charge is 0.460 e. The monoisotopic (exact) mass is 242 g/mol. The van der Waals surface area contributed by atoms with Crippen LogP contribution in [0, 0.1) is 0 Å². The second-order valence-electron chi connectivity index (χ2n) is 4.57. The minimum Gasteiger partial charge on any atom is -0.501 e. The van der Waals surface area contributed by atoms with E-state index in [0.29, 0.717) is 0 Å². The molecule has 0 amide bonds. The van der Waals surface area contributed by atoms with Crippen molar-refractivity contribution < 1.29 is 7.58 Å². The van der Waals surface area contributed by atoms with Gasteiger partial charge in [-0.15, -0.1) is 0 Å². The molecule has 2 fully saturated rings. The SMILES string of the molecule is C[CH2][Al]1[CH2]CCC[O]1.[CH3][Al]1[CH2]CCC[O]1. The van der Waals surface area contributed by atoms with Crippen LogP contribution >= 0.6 is 0 Å². The third-order valence-electron chi connectivity index (χ3n) is 3.14. The van der Waals surface area contributed by atoms with E-state index in [0.717, 1.165) is 13.2 Å². The quantitative estimate of drug-likeness (QED) is 0.657. The van der Waals surface area contributed by atoms with E-state index in [1.165, 1.54) is 41.5 Å². The first-order valence-corrected chi connectivity index (χ1v) is 11.1. The normalized spacial score (nSPS) is 22.0. The van der Waals surface area contributed by atoms with Crippen LogP contribution in [-0.2, 0) is 7.58 Å². The Labute approximate surface area is 104 Å². The third-order valence-corrected chi connectivity index (χ3v) is 7.83. The van der Waals surface area contributed by atoms with Gasteiger partial charge in [0.15, 0.2) is 0 Å². The number of hydrogen-bond acceptors (Lipinski definition) is 2. The summed E-state index contributed by atoms with van der Waals surface area (Å²) in [5.41, 5.74) is 0. The molecule has 0 N–H and O–H groups in total. The summed E-state index contributed by atoms with van der Waals surface area (Å²) in [5, 5.41) is 4.16. The predicted octanol–water partition coefficient (Wildman–Crippen LogP) is 3.23. The first-order chi connectivity index (χ1) is 7.33. The van der Waals surface area contributed by atoms with Gasteiger partial charge in [-0.2, -0.15) is 0 Å². The van der Waals surface area contributed by atoms with E-state index in [1.807, 2.05) is 0 Å². The average molecular weight is 242 g/mol. The van der Waals surface area contributed by atoms with Gasteiger partial charge >= 0.3 is 29.0 Å². The molecule has 0 aliphatic carbocycles. The molecule has 0 saturated carbocycles. The van der Waals surface area contributed by atoms with Gasteiger partial charge in [-0.1, -0.05) is 41.4 Å². The van der Waals surface area contributed by atoms with E-state index in [4.69, 9.17) is 7.58 Å². The second kappa shape index (κ2) is 9.06. The van der Waals surface area contributed by atoms with Crippen molar-refractivity contribution in [2.75, 3.05) is 13.2 Å². The summed E-state index contributed by atoms with van der Waals surface area (Å²) in [6, 6.07) is 0. The molecule has 0 unspecified atom stereocenters. The van der Waals surface area contributed by atoms with Gasteiger partial charge in [-0.25, -0.2) is 0 Å². The Morgan fingerprint density at radius 2 is 1.60 bits per heavy atom. The highest BCUT2D eigenvalue weighted by Crippen LogP contribution is 2.12. The number of rotatable bonds is 1. The van der Waals surface area contributed by atoms with Crippen LogP contribution in [0.2, 0.25) is 21.6 Å². The molecule has 0 aromatic rings. The van der Waals surface area contributed by atoms with Crippen molar-refractivity contribution in [3.63, 3.8) is 0 Å². The Bertz CT molecular complexity index is 144. The lowest BCUT2D eigenvalue weighted by molar-refractivity contribution is 0.287. The van der Waals surface area contributed by atoms with Gasteiger partial charge in [0, 0.05) is 13.2 Å². The summed E-state index contributed by atoms with van der Waals surface area (Å²) in [4.78, 5) is 0. The molecule has 0 radical (unpaired) electrons. The van der Waals surface area contributed by atoms with Crippen molar-refractivity contribution in [3.8, 4) is 0 Å². The average Bonchev–Trinajstić information content (AvgIpc) is 2.32. The Balaban J connectivity index is 0.000000151. The van der Waals surface area contributed by atoms with Gasteiger partial charge in [-0.05, 0) is 12.8 Å². The van der Waals surface area contributed by atoms with Gasteiger partial charge < -0.3 is 7.58 Å². The summed E-state index contributed by atoms with van der Waals surface area (Å²) in [6.45, 7) is 4.36. The highest BCUT2D eigenvalue weighted by atomic mass is 27.2. The molecule has 2 saturated heterocycles. The predicted molar refractivity (Wildman–Crippen MR) is 67.8 cm³/mol. The Kier molecular flexibility index (Phi) is 8.49. The maximum atomic E-state index is 5.57. The molecule has 2 heterocycles. The highest BCUT2D eigenvalue weighted by molar-refractivity contribution is 6.51. The Morgan fingerprint density at radius 1 is 0.933 bits per heavy atom. The van der Waals surface area contributed by atoms with Crippen LogP contribution in [0.1, 0.15) is 32.6 Å². The molecule has 2 nitrogen and oxygen atoms in total. The lowest BCUT2D eigenvalue weighted by Crippen LogP contribution is -2.21. The van der Waals surface area contributed by atoms with E-state index in [1.54, 1.807) is 0 Å². The summed E-state index contributed by atoms with van der Waals surface area (Å²) in [7, 11) is 0. The lowest BCUT2D eigenvalue weighted by Gasteiger charge is -2.16. The van der Waals surface area contributed by atoms with Crippen molar-refractivity contribution in [3.05, 3.63) is 0 Å². The van der Waals surface area contributed by atoms with E-state index in [9.17, 15) is 0 Å². The first kappa shape index (κ1) is 14.0. The van der Waals surface area contributed by atoms with E-state index < -0.39 is 29.0 Å². The van der Waals surface area contributed by atoms with Crippen molar-refractivity contribution in [1.82, 2.24) is 0 Å². The van der Waals surface area contributed by atoms with Gasteiger partial charge in [-0.3, -0.25) is 0 Å². The van der Waals surface area contributed by atoms with Crippen LogP contribution in [0.5, 0.6) is 0 Å². The minimum atomic E-state index is -0.605. The summed E-state index contributed by atoms with van der Waals surface area (Å²) >= 11 is -1.20. The maximum absolute atomic E-state index is 5.57. The molecule has 2 rings (SSSR count). The summed E-state index contributed by atoms with van der Waals surface area (Å²) < 4.78 is 11.0. The third kappa shape index (κ3) is 7.01. The molecule has 0 bridgehead atoms. The minimum absolute atomic E-state index is 0.595. The largest absolute Gasteiger partial charge is 0.501 e. The Morgan fingerprint density at radius 3 is 1.87 bits per heavy atom. The molecule has 86 valence electrons. The van der Waals surface area contributed by atoms with Crippen LogP contribution in [0.4, 0.5) is 0 Å². The molecular formula is C11H24Al2O2. The van der Waals surface area contributed by atoms with Gasteiger partial charge in [0.05, 0.1) is 0 Å². The molecule has 15 heavy (non-hydrogen) atoms. The fourth-order valence-electron chi connectivity index (χ4n) is 2.03. The summed E-state index contributed by atoms with van der Waals surface area (Å²) in [5.74, 6) is 2.28. The molecule has 4 heteroatoms. The van der Waals surface area contributed by atoms with Crippen molar-refractivity contribution in [1.29, 1.82) is 0 Å². The topological polar surface area (TPSA) is 18.5 Å². The van der Waals surface area contributed by atoms with Crippen LogP contribution in [0.3, 0.4) is 0 Å². The van der Waals surface area contributed by atoms with Gasteiger partial charge in [0.1, 0.15) is 0 Å². The first-order valence-electron chi connectivity index (χ1n) is 6.56. The standard InChI is InChI=1S/2C4H8O.C2H5.CH3.2Al/c2*1-2-3-4-5;1-2;;;/h2*1-4H2;1H2,2H3;1H3;;/q2*-1;;;2*+1. The van der Waals surface area contributed by atoms with Crippen LogP contribution in [0.15, 0.2) is 0 Å². The Hall–Kier alpha value is 0.985. The maximum Gasteiger partial charge on any atom is 0.460 e. The molecular weight excluding hydrogens is 218 g/mol. The fourth-order valence-corrected chi connectivity index (χ4v) is 5.69. The lowest BCUT2D eigenvalue weighted by atomic mass is 10.4. The van der Waals surface area contributed by atoms with Crippen molar-refractivity contribution >= 4 is 29.0 Å². The summed E-state index contributed by atoms with van der Waals surface area (Å²) in [6.07, 6.45) is 5.47.